The highest BCUT2D eigenvalue weighted by atomic mass is 35.5. The topological polar surface area (TPSA) is 40.6 Å². The molecule has 1 aromatic rings. The van der Waals surface area contributed by atoms with Gasteiger partial charge in [0.2, 0.25) is 11.8 Å². The number of halogens is 1. The molecular formula is C13H15ClN2O2. The van der Waals surface area contributed by atoms with Crippen molar-refractivity contribution >= 4 is 34.8 Å². The first-order valence-corrected chi connectivity index (χ1v) is 6.30. The van der Waals surface area contributed by atoms with Crippen LogP contribution < -0.4 is 9.80 Å². The fourth-order valence-corrected chi connectivity index (χ4v) is 2.26. The second kappa shape index (κ2) is 4.98. The van der Waals surface area contributed by atoms with Gasteiger partial charge < -0.3 is 9.80 Å². The average Bonchev–Trinajstić information content (AvgIpc) is 2.41. The van der Waals surface area contributed by atoms with Crippen molar-refractivity contribution in [1.29, 1.82) is 0 Å². The van der Waals surface area contributed by atoms with Gasteiger partial charge in [0.1, 0.15) is 5.88 Å². The van der Waals surface area contributed by atoms with Gasteiger partial charge >= 0.3 is 0 Å². The van der Waals surface area contributed by atoms with Crippen LogP contribution in [0.25, 0.3) is 0 Å². The first-order chi connectivity index (χ1) is 8.54. The lowest BCUT2D eigenvalue weighted by Crippen LogP contribution is -2.32. The summed E-state index contributed by atoms with van der Waals surface area (Å²) in [7, 11) is 3.47. The highest BCUT2D eigenvalue weighted by Crippen LogP contribution is 2.30. The molecule has 0 N–H and O–H groups in total. The van der Waals surface area contributed by atoms with Crippen molar-refractivity contribution in [1.82, 2.24) is 0 Å². The Morgan fingerprint density at radius 2 is 2.17 bits per heavy atom. The van der Waals surface area contributed by atoms with Crippen LogP contribution in [0.2, 0.25) is 0 Å². The first-order valence-electron chi connectivity index (χ1n) is 5.76. The van der Waals surface area contributed by atoms with E-state index in [0.717, 1.165) is 23.4 Å². The van der Waals surface area contributed by atoms with Gasteiger partial charge in [0.25, 0.3) is 0 Å². The molecular weight excluding hydrogens is 252 g/mol. The molecule has 0 radical (unpaired) electrons. The summed E-state index contributed by atoms with van der Waals surface area (Å²) >= 11 is 5.54. The lowest BCUT2D eigenvalue weighted by atomic mass is 10.0. The van der Waals surface area contributed by atoms with E-state index in [1.54, 1.807) is 19.0 Å². The number of benzene rings is 1. The Balaban J connectivity index is 2.33. The zero-order valence-corrected chi connectivity index (χ0v) is 11.2. The Bertz CT molecular complexity index is 502. The van der Waals surface area contributed by atoms with Gasteiger partial charge in [0, 0.05) is 31.9 Å². The summed E-state index contributed by atoms with van der Waals surface area (Å²) in [6.07, 6.45) is 1.23. The molecule has 0 saturated heterocycles. The molecule has 0 aromatic heterocycles. The van der Waals surface area contributed by atoms with E-state index >= 15 is 0 Å². The maximum absolute atomic E-state index is 11.6. The van der Waals surface area contributed by atoms with E-state index in [0.29, 0.717) is 6.42 Å². The first kappa shape index (κ1) is 12.9. The summed E-state index contributed by atoms with van der Waals surface area (Å²) in [6, 6.07) is 5.65. The van der Waals surface area contributed by atoms with Crippen LogP contribution in [0.4, 0.5) is 11.4 Å². The molecule has 2 rings (SSSR count). The number of aryl methyl sites for hydroxylation is 1. The van der Waals surface area contributed by atoms with Gasteiger partial charge in [-0.1, -0.05) is 0 Å². The molecule has 0 unspecified atom stereocenters. The fourth-order valence-electron chi connectivity index (χ4n) is 2.09. The summed E-state index contributed by atoms with van der Waals surface area (Å²) in [4.78, 5) is 26.3. The van der Waals surface area contributed by atoms with Gasteiger partial charge in [-0.3, -0.25) is 9.59 Å². The number of anilines is 2. The van der Waals surface area contributed by atoms with Crippen molar-refractivity contribution in [3.8, 4) is 0 Å². The van der Waals surface area contributed by atoms with Crippen LogP contribution in [-0.4, -0.2) is 31.8 Å². The lowest BCUT2D eigenvalue weighted by molar-refractivity contribution is -0.118. The third-order valence-electron chi connectivity index (χ3n) is 3.28. The van der Waals surface area contributed by atoms with Crippen molar-refractivity contribution < 1.29 is 9.59 Å². The third kappa shape index (κ3) is 2.20. The highest BCUT2D eigenvalue weighted by molar-refractivity contribution is 6.29. The van der Waals surface area contributed by atoms with Crippen LogP contribution in [0.15, 0.2) is 18.2 Å². The second-order valence-electron chi connectivity index (χ2n) is 4.35. The molecule has 0 saturated carbocycles. The van der Waals surface area contributed by atoms with E-state index in [2.05, 4.69) is 0 Å². The van der Waals surface area contributed by atoms with Crippen LogP contribution >= 0.6 is 11.6 Å². The standard InChI is InChI=1S/C13H15ClN2O2/c1-15(13(18)8-14)10-4-5-11-9(7-10)3-6-12(17)16(11)2/h4-5,7H,3,6,8H2,1-2H3. The molecule has 1 aliphatic rings. The number of carbonyl (C=O) groups excluding carboxylic acids is 2. The normalized spacial score (nSPS) is 14.4. The molecule has 1 aliphatic heterocycles. The number of rotatable bonds is 2. The summed E-state index contributed by atoms with van der Waals surface area (Å²) in [5, 5.41) is 0. The van der Waals surface area contributed by atoms with E-state index in [4.69, 9.17) is 11.6 Å². The number of hydrogen-bond acceptors (Lipinski definition) is 2. The van der Waals surface area contributed by atoms with Crippen molar-refractivity contribution in [2.75, 3.05) is 29.8 Å². The number of hydrogen-bond donors (Lipinski definition) is 0. The molecule has 18 heavy (non-hydrogen) atoms. The Morgan fingerprint density at radius 3 is 2.83 bits per heavy atom. The van der Waals surface area contributed by atoms with Crippen molar-refractivity contribution in [2.45, 2.75) is 12.8 Å². The molecule has 5 heteroatoms. The number of nitrogens with zero attached hydrogens (tertiary/aromatic N) is 2. The van der Waals surface area contributed by atoms with E-state index in [1.165, 1.54) is 4.90 Å². The van der Waals surface area contributed by atoms with E-state index in [1.807, 2.05) is 18.2 Å². The van der Waals surface area contributed by atoms with Crippen LogP contribution in [0.5, 0.6) is 0 Å². The fraction of sp³-hybridized carbons (Fsp3) is 0.385. The average molecular weight is 267 g/mol. The zero-order chi connectivity index (χ0) is 13.3. The Morgan fingerprint density at radius 1 is 1.44 bits per heavy atom. The van der Waals surface area contributed by atoms with Gasteiger partial charge in [0.15, 0.2) is 0 Å². The monoisotopic (exact) mass is 266 g/mol. The minimum absolute atomic E-state index is 0.0357. The molecule has 96 valence electrons. The molecule has 1 aromatic carbocycles. The van der Waals surface area contributed by atoms with Gasteiger partial charge in [0.05, 0.1) is 0 Å². The number of amides is 2. The quantitative estimate of drug-likeness (QED) is 0.766. The predicted octanol–water partition coefficient (Wildman–Crippen LogP) is 1.80. The largest absolute Gasteiger partial charge is 0.315 e. The third-order valence-corrected chi connectivity index (χ3v) is 3.51. The maximum atomic E-state index is 11.6. The molecule has 0 fully saturated rings. The smallest absolute Gasteiger partial charge is 0.241 e. The zero-order valence-electron chi connectivity index (χ0n) is 10.4. The lowest BCUT2D eigenvalue weighted by Gasteiger charge is -2.27. The summed E-state index contributed by atoms with van der Waals surface area (Å²) in [6.45, 7) is 0. The molecule has 0 aliphatic carbocycles. The van der Waals surface area contributed by atoms with E-state index < -0.39 is 0 Å². The SMILES string of the molecule is CN(C(=O)CCl)c1ccc2c(c1)CCC(=O)N2C. The van der Waals surface area contributed by atoms with Gasteiger partial charge in [-0.2, -0.15) is 0 Å². The van der Waals surface area contributed by atoms with E-state index in [9.17, 15) is 9.59 Å². The molecule has 0 spiro atoms. The maximum Gasteiger partial charge on any atom is 0.241 e. The molecule has 0 atom stereocenters. The van der Waals surface area contributed by atoms with Crippen molar-refractivity contribution in [3.63, 3.8) is 0 Å². The van der Waals surface area contributed by atoms with Crippen molar-refractivity contribution in [3.05, 3.63) is 23.8 Å². The van der Waals surface area contributed by atoms with Crippen LogP contribution in [0.1, 0.15) is 12.0 Å². The summed E-state index contributed by atoms with van der Waals surface area (Å²) in [5.74, 6) is -0.0521. The van der Waals surface area contributed by atoms with E-state index in [-0.39, 0.29) is 17.7 Å². The van der Waals surface area contributed by atoms with Crippen LogP contribution in [0.3, 0.4) is 0 Å². The summed E-state index contributed by atoms with van der Waals surface area (Å²) < 4.78 is 0. The molecule has 4 nitrogen and oxygen atoms in total. The molecule has 2 amide bonds. The molecule has 0 bridgehead atoms. The Hall–Kier alpha value is -1.55. The van der Waals surface area contributed by atoms with Gasteiger partial charge in [-0.05, 0) is 30.2 Å². The Labute approximate surface area is 111 Å². The van der Waals surface area contributed by atoms with Gasteiger partial charge in [-0.25, -0.2) is 0 Å². The predicted molar refractivity (Wildman–Crippen MR) is 72.3 cm³/mol. The van der Waals surface area contributed by atoms with Crippen molar-refractivity contribution in [2.24, 2.45) is 0 Å². The number of fused-ring (bicyclic) bond motifs is 1. The Kier molecular flexibility index (Phi) is 3.57. The van der Waals surface area contributed by atoms with Crippen LogP contribution in [-0.2, 0) is 16.0 Å². The highest BCUT2D eigenvalue weighted by Gasteiger charge is 2.21. The number of carbonyl (C=O) groups is 2. The van der Waals surface area contributed by atoms with Crippen LogP contribution in [0, 0.1) is 0 Å². The van der Waals surface area contributed by atoms with Gasteiger partial charge in [-0.15, -0.1) is 11.6 Å². The minimum atomic E-state index is -0.142. The second-order valence-corrected chi connectivity index (χ2v) is 4.62. The molecule has 1 heterocycles. The number of alkyl halides is 1. The summed E-state index contributed by atoms with van der Waals surface area (Å²) in [5.41, 5.74) is 2.81. The minimum Gasteiger partial charge on any atom is -0.315 e.